The Balaban J connectivity index is 1.05. The number of oxazole rings is 1. The largest absolute Gasteiger partial charge is 0.438 e. The van der Waals surface area contributed by atoms with Gasteiger partial charge in [-0.15, -0.1) is 5.10 Å². The molecule has 15 heteroatoms. The number of aliphatic hydroxyl groups is 1. The van der Waals surface area contributed by atoms with Crippen LogP contribution in [-0.2, 0) is 6.54 Å². The number of hydrogen-bond donors (Lipinski definition) is 2. The van der Waals surface area contributed by atoms with Crippen molar-refractivity contribution in [1.29, 1.82) is 0 Å². The molecule has 5 aromatic heterocycles. The van der Waals surface area contributed by atoms with E-state index in [4.69, 9.17) is 10.2 Å². The lowest BCUT2D eigenvalue weighted by Gasteiger charge is -2.36. The molecule has 40 heavy (non-hydrogen) atoms. The Morgan fingerprint density at radius 2 is 1.90 bits per heavy atom. The van der Waals surface area contributed by atoms with Crippen molar-refractivity contribution in [3.05, 3.63) is 48.6 Å². The molecule has 3 N–H and O–H groups in total. The van der Waals surface area contributed by atoms with Gasteiger partial charge in [0.05, 0.1) is 30.0 Å². The maximum atomic E-state index is 14.9. The highest BCUT2D eigenvalue weighted by Gasteiger charge is 2.23. The predicted octanol–water partition coefficient (Wildman–Crippen LogP) is 1.67. The lowest BCUT2D eigenvalue weighted by molar-refractivity contribution is 0.165. The average molecular weight is 545 g/mol. The fraction of sp³-hybridized carbons (Fsp3) is 0.320. The minimum absolute atomic E-state index is 0.175. The van der Waals surface area contributed by atoms with Crippen LogP contribution in [0, 0.1) is 5.82 Å². The second-order valence-corrected chi connectivity index (χ2v) is 9.66. The Labute approximate surface area is 225 Å². The Bertz CT molecular complexity index is 1840. The molecule has 1 aliphatic heterocycles. The molecule has 0 radical (unpaired) electrons. The zero-order valence-corrected chi connectivity index (χ0v) is 21.5. The molecule has 1 atom stereocenters. The molecule has 1 aromatic carbocycles. The number of fused-ring (bicyclic) bond motifs is 4. The van der Waals surface area contributed by atoms with Crippen molar-refractivity contribution in [3.8, 4) is 11.5 Å². The summed E-state index contributed by atoms with van der Waals surface area (Å²) in [6.45, 7) is 5.68. The summed E-state index contributed by atoms with van der Waals surface area (Å²) >= 11 is 0. The first-order chi connectivity index (χ1) is 19.4. The third-order valence-electron chi connectivity index (χ3n) is 7.06. The SMILES string of the molecule is CC(O)c1nc2cc(F)c(N3CCN(CCn4ncc5c4nc(N)n4nc(-c6cnccn6)nc54)CC3)cc2o1. The van der Waals surface area contributed by atoms with Gasteiger partial charge in [0.1, 0.15) is 23.1 Å². The van der Waals surface area contributed by atoms with Crippen molar-refractivity contribution in [2.24, 2.45) is 0 Å². The maximum Gasteiger partial charge on any atom is 0.225 e. The van der Waals surface area contributed by atoms with E-state index in [0.717, 1.165) is 25.0 Å². The molecular formula is C25H25FN12O2. The molecule has 204 valence electrons. The number of aliphatic hydroxyl groups excluding tert-OH is 1. The van der Waals surface area contributed by atoms with Gasteiger partial charge >= 0.3 is 0 Å². The molecule has 0 bridgehead atoms. The number of halogens is 1. The van der Waals surface area contributed by atoms with E-state index < -0.39 is 6.10 Å². The highest BCUT2D eigenvalue weighted by molar-refractivity contribution is 5.90. The van der Waals surface area contributed by atoms with Gasteiger partial charge in [0.15, 0.2) is 16.9 Å². The molecule has 1 fully saturated rings. The van der Waals surface area contributed by atoms with Crippen molar-refractivity contribution < 1.29 is 13.9 Å². The van der Waals surface area contributed by atoms with Crippen LogP contribution in [0.3, 0.4) is 0 Å². The lowest BCUT2D eigenvalue weighted by atomic mass is 10.2. The number of nitrogens with two attached hydrogens (primary N) is 1. The molecule has 0 aliphatic carbocycles. The summed E-state index contributed by atoms with van der Waals surface area (Å²) in [6, 6.07) is 3.02. The number of nitrogen functional groups attached to an aromatic ring is 1. The van der Waals surface area contributed by atoms with Crippen LogP contribution in [0.15, 0.2) is 41.3 Å². The van der Waals surface area contributed by atoms with E-state index in [-0.39, 0.29) is 17.7 Å². The molecule has 0 amide bonds. The molecule has 0 saturated carbocycles. The number of rotatable bonds is 6. The van der Waals surface area contributed by atoms with E-state index in [9.17, 15) is 9.50 Å². The number of anilines is 2. The van der Waals surface area contributed by atoms with Gasteiger partial charge in [0.25, 0.3) is 0 Å². The minimum atomic E-state index is -0.856. The van der Waals surface area contributed by atoms with Gasteiger partial charge in [-0.1, -0.05) is 0 Å². The lowest BCUT2D eigenvalue weighted by Crippen LogP contribution is -2.47. The Kier molecular flexibility index (Phi) is 5.74. The van der Waals surface area contributed by atoms with Gasteiger partial charge < -0.3 is 20.2 Å². The summed E-state index contributed by atoms with van der Waals surface area (Å²) in [5.74, 6) is 0.420. The van der Waals surface area contributed by atoms with Gasteiger partial charge in [-0.25, -0.2) is 24.0 Å². The quantitative estimate of drug-likeness (QED) is 0.312. The maximum absolute atomic E-state index is 14.9. The first-order valence-corrected chi connectivity index (χ1v) is 12.8. The van der Waals surface area contributed by atoms with E-state index >= 15 is 0 Å². The Morgan fingerprint density at radius 1 is 1.05 bits per heavy atom. The Hall–Kier alpha value is -4.76. The highest BCUT2D eigenvalue weighted by Crippen LogP contribution is 2.29. The van der Waals surface area contributed by atoms with Crippen LogP contribution in [0.2, 0.25) is 0 Å². The van der Waals surface area contributed by atoms with Crippen LogP contribution >= 0.6 is 0 Å². The van der Waals surface area contributed by atoms with Gasteiger partial charge in [-0.3, -0.25) is 9.88 Å². The smallest absolute Gasteiger partial charge is 0.225 e. The van der Waals surface area contributed by atoms with Crippen LogP contribution in [0.25, 0.3) is 39.3 Å². The molecule has 0 spiro atoms. The van der Waals surface area contributed by atoms with Gasteiger partial charge in [-0.05, 0) is 6.92 Å². The van der Waals surface area contributed by atoms with Gasteiger partial charge in [0, 0.05) is 57.3 Å². The third-order valence-corrected chi connectivity index (χ3v) is 7.06. The van der Waals surface area contributed by atoms with E-state index in [2.05, 4.69) is 40.0 Å². The number of hydrogen-bond acceptors (Lipinski definition) is 12. The zero-order chi connectivity index (χ0) is 27.4. The van der Waals surface area contributed by atoms with E-state index in [1.165, 1.54) is 10.6 Å². The normalized spacial score (nSPS) is 15.5. The number of benzene rings is 1. The third kappa shape index (κ3) is 4.15. The monoisotopic (exact) mass is 544 g/mol. The van der Waals surface area contributed by atoms with Crippen LogP contribution in [0.4, 0.5) is 16.0 Å². The highest BCUT2D eigenvalue weighted by atomic mass is 19.1. The molecule has 1 saturated heterocycles. The van der Waals surface area contributed by atoms with Gasteiger partial charge in [-0.2, -0.15) is 14.6 Å². The van der Waals surface area contributed by atoms with Gasteiger partial charge in [0.2, 0.25) is 17.7 Å². The topological polar surface area (TPSA) is 165 Å². The number of aromatic nitrogens is 9. The average Bonchev–Trinajstić information content (AvgIpc) is 3.69. The number of piperazine rings is 1. The summed E-state index contributed by atoms with van der Waals surface area (Å²) in [5.41, 5.74) is 9.25. The summed E-state index contributed by atoms with van der Waals surface area (Å²) in [4.78, 5) is 25.9. The van der Waals surface area contributed by atoms with E-state index in [1.54, 1.807) is 37.8 Å². The Morgan fingerprint density at radius 3 is 2.67 bits per heavy atom. The summed E-state index contributed by atoms with van der Waals surface area (Å²) in [5, 5.41) is 19.4. The van der Waals surface area contributed by atoms with E-state index in [0.29, 0.717) is 59.2 Å². The van der Waals surface area contributed by atoms with Crippen molar-refractivity contribution >= 4 is 39.4 Å². The predicted molar refractivity (Wildman–Crippen MR) is 143 cm³/mol. The fourth-order valence-corrected chi connectivity index (χ4v) is 4.97. The molecule has 6 heterocycles. The zero-order valence-electron chi connectivity index (χ0n) is 21.5. The van der Waals surface area contributed by atoms with Crippen LogP contribution in [0.5, 0.6) is 0 Å². The summed E-state index contributed by atoms with van der Waals surface area (Å²) in [6.07, 6.45) is 5.62. The first kappa shape index (κ1) is 24.3. The van der Waals surface area contributed by atoms with Crippen molar-refractivity contribution in [3.63, 3.8) is 0 Å². The molecule has 6 aromatic rings. The van der Waals surface area contributed by atoms with Crippen LogP contribution in [0.1, 0.15) is 18.9 Å². The second-order valence-electron chi connectivity index (χ2n) is 9.66. The molecular weight excluding hydrogens is 519 g/mol. The van der Waals surface area contributed by atoms with Crippen molar-refractivity contribution in [2.45, 2.75) is 19.6 Å². The number of nitrogens with zero attached hydrogens (tertiary/aromatic N) is 11. The minimum Gasteiger partial charge on any atom is -0.438 e. The first-order valence-electron chi connectivity index (χ1n) is 12.8. The van der Waals surface area contributed by atoms with E-state index in [1.807, 2.05) is 9.58 Å². The van der Waals surface area contributed by atoms with Crippen LogP contribution < -0.4 is 10.6 Å². The standard InChI is InChI=1S/C25H25FN12O2/c1-14(39)24-31-17-10-16(26)19(11-20(17)40-24)36-7-4-35(5-8-36)6-9-37-22-15(12-30-37)23-32-21(18-13-28-2-3-29-18)34-38(23)25(27)33-22/h2-3,10-14,39H,4-9H2,1H3,(H2,27,33). The fourth-order valence-electron chi connectivity index (χ4n) is 4.97. The van der Waals surface area contributed by atoms with Crippen molar-refractivity contribution in [1.82, 2.24) is 49.2 Å². The molecule has 1 aliphatic rings. The molecule has 1 unspecified atom stereocenters. The van der Waals surface area contributed by atoms with Crippen molar-refractivity contribution in [2.75, 3.05) is 43.4 Å². The second kappa shape index (κ2) is 9.46. The molecule has 14 nitrogen and oxygen atoms in total. The summed E-state index contributed by atoms with van der Waals surface area (Å²) < 4.78 is 23.8. The summed E-state index contributed by atoms with van der Waals surface area (Å²) in [7, 11) is 0. The van der Waals surface area contributed by atoms with Crippen LogP contribution in [-0.4, -0.2) is 87.0 Å². The molecule has 7 rings (SSSR count).